The first-order chi connectivity index (χ1) is 36.9. The van der Waals surface area contributed by atoms with Crippen LogP contribution in [0.25, 0.3) is 0 Å². The summed E-state index contributed by atoms with van der Waals surface area (Å²) in [6, 6.07) is 40.3. The average molecular weight is 1030 g/mol. The summed E-state index contributed by atoms with van der Waals surface area (Å²) in [6.45, 7) is -1.14. The lowest BCUT2D eigenvalue weighted by molar-refractivity contribution is -0.384. The number of benzene rings is 6. The first-order valence-electron chi connectivity index (χ1n) is 25.5. The fourth-order valence-corrected chi connectivity index (χ4v) is 11.6. The number of imide groups is 1. The van der Waals surface area contributed by atoms with E-state index in [1.807, 2.05) is 65.6 Å². The summed E-state index contributed by atoms with van der Waals surface area (Å²) < 4.78 is 18.5. The summed E-state index contributed by atoms with van der Waals surface area (Å²) in [5.74, 6) is 2.32. The number of carbonyl (C=O) groups excluding carboxylic acids is 4. The van der Waals surface area contributed by atoms with Crippen molar-refractivity contribution in [3.05, 3.63) is 207 Å². The third kappa shape index (κ3) is 9.81. The first-order valence-corrected chi connectivity index (χ1v) is 25.5. The minimum absolute atomic E-state index is 0.0290. The number of cyclic esters (lactones) is 1. The SMILES string of the molecule is O=C1O[C@@H](c2ccccc2)[C@@H](c2ccccc2)N2[C@@H](c3cccc(OCCO)c3)[C@]3(C(=O)N(C(=O)OCc4ccc([N+](=O)[O-])cc4)c4ccc(C#CC5(O)CCCCCC5)cc43)[C@@H](C(=O)NC[C@H](O)c3ccccc3)[C@H]12. The van der Waals surface area contributed by atoms with Crippen molar-refractivity contribution in [2.75, 3.05) is 24.7 Å². The van der Waals surface area contributed by atoms with Gasteiger partial charge in [-0.2, -0.15) is 0 Å². The number of non-ortho nitro benzene ring substituents is 1. The third-order valence-electron chi connectivity index (χ3n) is 15.0. The van der Waals surface area contributed by atoms with Gasteiger partial charge in [0.25, 0.3) is 5.69 Å². The molecule has 1 aliphatic carbocycles. The summed E-state index contributed by atoms with van der Waals surface area (Å²) in [4.78, 5) is 76.8. The van der Waals surface area contributed by atoms with Gasteiger partial charge in [0.15, 0.2) is 0 Å². The highest BCUT2D eigenvalue weighted by molar-refractivity contribution is 6.23. The Labute approximate surface area is 439 Å². The Kier molecular flexibility index (Phi) is 14.8. The molecule has 0 unspecified atom stereocenters. The highest BCUT2D eigenvalue weighted by Gasteiger charge is 2.76. The molecule has 2 saturated heterocycles. The smallest absolute Gasteiger partial charge is 0.421 e. The number of rotatable bonds is 13. The lowest BCUT2D eigenvalue weighted by Gasteiger charge is -2.46. The number of anilines is 1. The summed E-state index contributed by atoms with van der Waals surface area (Å²) in [5, 5.41) is 47.6. The molecule has 6 aromatic rings. The average Bonchev–Trinajstić information content (AvgIpc) is 4.02. The zero-order valence-corrected chi connectivity index (χ0v) is 41.4. The number of amides is 3. The Morgan fingerprint density at radius 1 is 0.803 bits per heavy atom. The number of morpholine rings is 1. The Morgan fingerprint density at radius 3 is 2.13 bits per heavy atom. The first kappa shape index (κ1) is 51.3. The molecule has 3 aliphatic heterocycles. The van der Waals surface area contributed by atoms with Crippen molar-refractivity contribution >= 4 is 35.3 Å². The Balaban J connectivity index is 1.22. The molecule has 4 aliphatic rings. The Morgan fingerprint density at radius 2 is 1.46 bits per heavy atom. The number of nitrogens with one attached hydrogen (secondary N) is 1. The van der Waals surface area contributed by atoms with E-state index in [-0.39, 0.29) is 36.7 Å². The van der Waals surface area contributed by atoms with Crippen LogP contribution >= 0.6 is 0 Å². The van der Waals surface area contributed by atoms with Gasteiger partial charge in [0.1, 0.15) is 42.1 Å². The van der Waals surface area contributed by atoms with Crippen molar-refractivity contribution < 1.29 is 53.6 Å². The molecule has 10 rings (SSSR count). The highest BCUT2D eigenvalue weighted by atomic mass is 16.6. The summed E-state index contributed by atoms with van der Waals surface area (Å²) in [7, 11) is 0. The van der Waals surface area contributed by atoms with E-state index in [1.165, 1.54) is 24.3 Å². The van der Waals surface area contributed by atoms with E-state index in [2.05, 4.69) is 17.2 Å². The van der Waals surface area contributed by atoms with Gasteiger partial charge in [-0.25, -0.2) is 9.69 Å². The molecular formula is C60H56N4O12. The van der Waals surface area contributed by atoms with Crippen LogP contribution in [0.2, 0.25) is 0 Å². The topological polar surface area (TPSA) is 218 Å². The van der Waals surface area contributed by atoms with E-state index in [1.54, 1.807) is 72.8 Å². The van der Waals surface area contributed by atoms with Gasteiger partial charge in [-0.15, -0.1) is 0 Å². The van der Waals surface area contributed by atoms with E-state index in [0.29, 0.717) is 52.0 Å². The van der Waals surface area contributed by atoms with Crippen LogP contribution in [-0.4, -0.2) is 80.4 Å². The van der Waals surface area contributed by atoms with E-state index >= 15 is 14.4 Å². The van der Waals surface area contributed by atoms with Crippen molar-refractivity contribution in [3.8, 4) is 17.6 Å². The van der Waals surface area contributed by atoms with Gasteiger partial charge in [-0.1, -0.05) is 128 Å². The fraction of sp³-hybridized carbons (Fsp3) is 0.300. The molecule has 7 atom stereocenters. The number of aliphatic hydroxyl groups excluding tert-OH is 2. The van der Waals surface area contributed by atoms with Crippen LogP contribution in [0.5, 0.6) is 5.75 Å². The van der Waals surface area contributed by atoms with Gasteiger partial charge in [-0.3, -0.25) is 29.4 Å². The lowest BCUT2D eigenvalue weighted by Crippen LogP contribution is -2.56. The molecule has 1 saturated carbocycles. The third-order valence-corrected chi connectivity index (χ3v) is 15.0. The van der Waals surface area contributed by atoms with Crippen molar-refractivity contribution in [2.24, 2.45) is 5.92 Å². The second-order valence-corrected chi connectivity index (χ2v) is 19.6. The van der Waals surface area contributed by atoms with E-state index in [0.717, 1.165) is 30.6 Å². The second kappa shape index (κ2) is 21.9. The van der Waals surface area contributed by atoms with Crippen LogP contribution in [0.3, 0.4) is 0 Å². The van der Waals surface area contributed by atoms with Crippen LogP contribution in [0, 0.1) is 27.9 Å². The molecule has 6 aromatic carbocycles. The molecule has 0 aromatic heterocycles. The summed E-state index contributed by atoms with van der Waals surface area (Å²) in [5.41, 5.74) is -0.632. The molecule has 0 radical (unpaired) electrons. The van der Waals surface area contributed by atoms with Gasteiger partial charge < -0.3 is 34.8 Å². The number of hydrogen-bond acceptors (Lipinski definition) is 13. The summed E-state index contributed by atoms with van der Waals surface area (Å²) >= 11 is 0. The van der Waals surface area contributed by atoms with E-state index < -0.39 is 82.7 Å². The zero-order chi connectivity index (χ0) is 53.0. The largest absolute Gasteiger partial charge is 0.491 e. The van der Waals surface area contributed by atoms with Crippen LogP contribution in [0.4, 0.5) is 16.2 Å². The number of ether oxygens (including phenoxy) is 3. The minimum atomic E-state index is -2.24. The number of fused-ring (bicyclic) bond motifs is 3. The van der Waals surface area contributed by atoms with Crippen LogP contribution < -0.4 is 15.0 Å². The standard InChI is InChI=1S/C60H56N4O12/c65-33-34-74-46-22-14-21-44(36-46)54-60(47-35-39(29-32-59(71)30-12-1-2-13-31-59)25-28-48(47)62(57(60)69)58(70)75-38-40-23-26-45(27-24-40)64(72)73)50(55(67)61-37-49(66)41-15-6-3-7-16-41)52-56(68)76-53(43-19-10-5-11-20-43)51(63(52)54)42-17-8-4-9-18-42/h3-11,14-28,35-36,49-54,65-66,71H,1-2,12-13,30-31,33-34,37-38H2,(H,61,67)/t49-,50+,51+,52+,53-,54-,60+/m0/s1. The number of esters is 1. The van der Waals surface area contributed by atoms with Crippen LogP contribution in [0.1, 0.15) is 102 Å². The number of nitro groups is 1. The lowest BCUT2D eigenvalue weighted by atomic mass is 9.65. The molecule has 4 N–H and O–H groups in total. The molecule has 3 heterocycles. The molecule has 76 heavy (non-hydrogen) atoms. The highest BCUT2D eigenvalue weighted by Crippen LogP contribution is 2.66. The quantitative estimate of drug-likeness (QED) is 0.0282. The number of carbonyl (C=O) groups is 4. The van der Waals surface area contributed by atoms with Gasteiger partial charge >= 0.3 is 12.1 Å². The maximum absolute atomic E-state index is 16.7. The summed E-state index contributed by atoms with van der Waals surface area (Å²) in [6.07, 6.45) is 1.01. The molecule has 16 nitrogen and oxygen atoms in total. The monoisotopic (exact) mass is 1020 g/mol. The fourth-order valence-electron chi connectivity index (χ4n) is 11.6. The normalized spacial score (nSPS) is 23.0. The molecule has 3 fully saturated rings. The van der Waals surface area contributed by atoms with Gasteiger partial charge in [0.2, 0.25) is 11.8 Å². The molecular weight excluding hydrogens is 969 g/mol. The van der Waals surface area contributed by atoms with Crippen molar-refractivity contribution in [2.45, 2.75) is 86.5 Å². The van der Waals surface area contributed by atoms with Crippen LogP contribution in [-0.2, 0) is 35.9 Å². The predicted octanol–water partition coefficient (Wildman–Crippen LogP) is 8.25. The number of hydrogen-bond donors (Lipinski definition) is 4. The van der Waals surface area contributed by atoms with Crippen LogP contribution in [0.15, 0.2) is 158 Å². The Bertz CT molecular complexity index is 3180. The minimum Gasteiger partial charge on any atom is -0.491 e. The molecule has 1 spiro atoms. The van der Waals surface area contributed by atoms with Gasteiger partial charge in [0, 0.05) is 24.2 Å². The van der Waals surface area contributed by atoms with Crippen molar-refractivity contribution in [1.29, 1.82) is 0 Å². The van der Waals surface area contributed by atoms with E-state index in [9.17, 15) is 30.2 Å². The van der Waals surface area contributed by atoms with Gasteiger partial charge in [0.05, 0.1) is 41.3 Å². The van der Waals surface area contributed by atoms with Crippen molar-refractivity contribution in [3.63, 3.8) is 0 Å². The van der Waals surface area contributed by atoms with Crippen molar-refractivity contribution in [1.82, 2.24) is 10.2 Å². The molecule has 0 bridgehead atoms. The number of nitro benzene ring substituents is 1. The molecule has 16 heteroatoms. The van der Waals surface area contributed by atoms with E-state index in [4.69, 9.17) is 14.2 Å². The second-order valence-electron chi connectivity index (χ2n) is 19.6. The molecule has 388 valence electrons. The maximum Gasteiger partial charge on any atom is 0.421 e. The molecule has 3 amide bonds. The van der Waals surface area contributed by atoms with Gasteiger partial charge in [-0.05, 0) is 102 Å². The maximum atomic E-state index is 16.7. The number of nitrogens with zero attached hydrogens (tertiary/aromatic N) is 3. The Hall–Kier alpha value is -8.20. The zero-order valence-electron chi connectivity index (χ0n) is 41.4. The predicted molar refractivity (Wildman–Crippen MR) is 278 cm³/mol. The number of aliphatic hydroxyl groups is 3.